The highest BCUT2D eigenvalue weighted by Crippen LogP contribution is 2.25. The van der Waals surface area contributed by atoms with Gasteiger partial charge in [0.25, 0.3) is 0 Å². The lowest BCUT2D eigenvalue weighted by Crippen LogP contribution is -2.37. The molecule has 0 bridgehead atoms. The van der Waals surface area contributed by atoms with Gasteiger partial charge in [0, 0.05) is 6.54 Å². The molecule has 0 amide bonds. The minimum Gasteiger partial charge on any atom is -0.389 e. The second-order valence-electron chi connectivity index (χ2n) is 5.89. The number of nitrogens with one attached hydrogen (secondary N) is 1. The Morgan fingerprint density at radius 3 is 2.20 bits per heavy atom. The van der Waals surface area contributed by atoms with Gasteiger partial charge in [0.2, 0.25) is 0 Å². The van der Waals surface area contributed by atoms with Gasteiger partial charge in [-0.3, -0.25) is 0 Å². The van der Waals surface area contributed by atoms with E-state index in [0.717, 1.165) is 0 Å². The van der Waals surface area contributed by atoms with Crippen molar-refractivity contribution in [1.82, 2.24) is 5.32 Å². The average Bonchev–Trinajstić information content (AvgIpc) is 2.41. The summed E-state index contributed by atoms with van der Waals surface area (Å²) in [6, 6.07) is 18.8. The Labute approximate surface area is 121 Å². The summed E-state index contributed by atoms with van der Waals surface area (Å²) in [7, 11) is 0. The van der Waals surface area contributed by atoms with Gasteiger partial charge in [-0.05, 0) is 37.5 Å². The van der Waals surface area contributed by atoms with Gasteiger partial charge in [0.05, 0.1) is 11.6 Å². The number of hydrogen-bond acceptors (Lipinski definition) is 2. The summed E-state index contributed by atoms with van der Waals surface area (Å²) in [5.74, 6) is 0. The maximum atomic E-state index is 9.97. The van der Waals surface area contributed by atoms with Crippen LogP contribution < -0.4 is 5.32 Å². The van der Waals surface area contributed by atoms with Crippen molar-refractivity contribution in [3.63, 3.8) is 0 Å². The van der Waals surface area contributed by atoms with E-state index in [2.05, 4.69) is 48.6 Å². The van der Waals surface area contributed by atoms with Crippen molar-refractivity contribution in [3.05, 3.63) is 71.3 Å². The minimum absolute atomic E-state index is 0.101. The zero-order chi connectivity index (χ0) is 14.6. The van der Waals surface area contributed by atoms with E-state index >= 15 is 0 Å². The van der Waals surface area contributed by atoms with E-state index in [1.54, 1.807) is 0 Å². The molecule has 106 valence electrons. The van der Waals surface area contributed by atoms with E-state index in [0.29, 0.717) is 6.54 Å². The second kappa shape index (κ2) is 6.21. The fourth-order valence-electron chi connectivity index (χ4n) is 2.32. The lowest BCUT2D eigenvalue weighted by Gasteiger charge is -2.26. The fraction of sp³-hybridized carbons (Fsp3) is 0.333. The third kappa shape index (κ3) is 3.92. The molecule has 2 aromatic carbocycles. The van der Waals surface area contributed by atoms with Crippen LogP contribution in [0.1, 0.15) is 36.6 Å². The van der Waals surface area contributed by atoms with Crippen molar-refractivity contribution in [2.24, 2.45) is 0 Å². The second-order valence-corrected chi connectivity index (χ2v) is 5.89. The summed E-state index contributed by atoms with van der Waals surface area (Å²) in [5.41, 5.74) is 2.99. The highest BCUT2D eigenvalue weighted by molar-refractivity contribution is 5.36. The van der Waals surface area contributed by atoms with Crippen LogP contribution in [-0.2, 0) is 0 Å². The van der Waals surface area contributed by atoms with E-state index < -0.39 is 5.60 Å². The van der Waals surface area contributed by atoms with Gasteiger partial charge in [0.15, 0.2) is 0 Å². The van der Waals surface area contributed by atoms with Crippen LogP contribution in [0.4, 0.5) is 0 Å². The first kappa shape index (κ1) is 14.8. The van der Waals surface area contributed by atoms with Crippen LogP contribution in [0.3, 0.4) is 0 Å². The third-order valence-electron chi connectivity index (χ3n) is 3.37. The molecule has 0 saturated carbocycles. The number of rotatable bonds is 5. The van der Waals surface area contributed by atoms with Crippen LogP contribution in [0.25, 0.3) is 0 Å². The maximum Gasteiger partial charge on any atom is 0.0715 e. The first-order valence-electron chi connectivity index (χ1n) is 7.03. The summed E-state index contributed by atoms with van der Waals surface area (Å²) in [4.78, 5) is 0. The largest absolute Gasteiger partial charge is 0.389 e. The molecule has 2 heteroatoms. The van der Waals surface area contributed by atoms with Crippen LogP contribution in [0.15, 0.2) is 54.6 Å². The molecule has 20 heavy (non-hydrogen) atoms. The first-order chi connectivity index (χ1) is 9.47. The zero-order valence-corrected chi connectivity index (χ0v) is 12.4. The van der Waals surface area contributed by atoms with Gasteiger partial charge in [0.1, 0.15) is 0 Å². The van der Waals surface area contributed by atoms with E-state index in [9.17, 15) is 5.11 Å². The van der Waals surface area contributed by atoms with Crippen molar-refractivity contribution in [2.45, 2.75) is 32.4 Å². The van der Waals surface area contributed by atoms with Gasteiger partial charge in [-0.15, -0.1) is 0 Å². The van der Waals surface area contributed by atoms with Gasteiger partial charge in [-0.2, -0.15) is 0 Å². The molecule has 0 spiro atoms. The Morgan fingerprint density at radius 1 is 1.00 bits per heavy atom. The van der Waals surface area contributed by atoms with Gasteiger partial charge < -0.3 is 10.4 Å². The molecule has 0 heterocycles. The molecule has 2 nitrogen and oxygen atoms in total. The van der Waals surface area contributed by atoms with Crippen LogP contribution in [0.2, 0.25) is 0 Å². The van der Waals surface area contributed by atoms with Crippen molar-refractivity contribution >= 4 is 0 Å². The number of hydrogen-bond donors (Lipinski definition) is 2. The smallest absolute Gasteiger partial charge is 0.0715 e. The van der Waals surface area contributed by atoms with Crippen molar-refractivity contribution < 1.29 is 5.11 Å². The molecule has 0 fully saturated rings. The number of aliphatic hydroxyl groups is 1. The molecular weight excluding hydrogens is 246 g/mol. The molecule has 2 N–H and O–H groups in total. The Balaban J connectivity index is 2.32. The molecule has 0 aromatic heterocycles. The molecule has 1 unspecified atom stereocenters. The summed E-state index contributed by atoms with van der Waals surface area (Å²) < 4.78 is 0. The monoisotopic (exact) mass is 269 g/mol. The van der Waals surface area contributed by atoms with Crippen molar-refractivity contribution in [2.75, 3.05) is 6.54 Å². The highest BCUT2D eigenvalue weighted by Gasteiger charge is 2.19. The number of aryl methyl sites for hydroxylation is 1. The molecule has 2 aromatic rings. The highest BCUT2D eigenvalue weighted by atomic mass is 16.3. The van der Waals surface area contributed by atoms with E-state index in [-0.39, 0.29) is 6.04 Å². The third-order valence-corrected chi connectivity index (χ3v) is 3.37. The summed E-state index contributed by atoms with van der Waals surface area (Å²) in [6.45, 7) is 6.30. The molecule has 1 atom stereocenters. The predicted molar refractivity (Wildman–Crippen MR) is 83.8 cm³/mol. The summed E-state index contributed by atoms with van der Waals surface area (Å²) in [5, 5.41) is 13.5. The SMILES string of the molecule is Cc1ccccc1C(NCC(C)(C)O)c1ccccc1. The van der Waals surface area contributed by atoms with E-state index in [1.165, 1.54) is 16.7 Å². The molecule has 0 aliphatic carbocycles. The van der Waals surface area contributed by atoms with Gasteiger partial charge in [-0.25, -0.2) is 0 Å². The molecule has 0 aliphatic heterocycles. The topological polar surface area (TPSA) is 32.3 Å². The maximum absolute atomic E-state index is 9.97. The standard InChI is InChI=1S/C18H23NO/c1-14-9-7-8-12-16(14)17(19-13-18(2,3)20)15-10-5-4-6-11-15/h4-12,17,19-20H,13H2,1-3H3. The zero-order valence-electron chi connectivity index (χ0n) is 12.4. The molecule has 0 aliphatic rings. The minimum atomic E-state index is -0.726. The van der Waals surface area contributed by atoms with Gasteiger partial charge in [-0.1, -0.05) is 54.6 Å². The van der Waals surface area contributed by atoms with E-state index in [1.807, 2.05) is 32.0 Å². The average molecular weight is 269 g/mol. The molecule has 0 radical (unpaired) electrons. The molecular formula is C18H23NO. The number of benzene rings is 2. The first-order valence-corrected chi connectivity index (χ1v) is 7.03. The summed E-state index contributed by atoms with van der Waals surface area (Å²) >= 11 is 0. The van der Waals surface area contributed by atoms with Crippen molar-refractivity contribution in [1.29, 1.82) is 0 Å². The van der Waals surface area contributed by atoms with Crippen LogP contribution in [0.5, 0.6) is 0 Å². The molecule has 0 saturated heterocycles. The molecule has 2 rings (SSSR count). The van der Waals surface area contributed by atoms with Gasteiger partial charge >= 0.3 is 0 Å². The Bertz CT molecular complexity index is 543. The summed E-state index contributed by atoms with van der Waals surface area (Å²) in [6.07, 6.45) is 0. The van der Waals surface area contributed by atoms with Crippen LogP contribution in [0, 0.1) is 6.92 Å². The Morgan fingerprint density at radius 2 is 1.60 bits per heavy atom. The van der Waals surface area contributed by atoms with Crippen LogP contribution in [-0.4, -0.2) is 17.3 Å². The Kier molecular flexibility index (Phi) is 4.58. The quantitative estimate of drug-likeness (QED) is 0.871. The lowest BCUT2D eigenvalue weighted by molar-refractivity contribution is 0.0777. The predicted octanol–water partition coefficient (Wildman–Crippen LogP) is 3.44. The van der Waals surface area contributed by atoms with Crippen LogP contribution >= 0.6 is 0 Å². The lowest BCUT2D eigenvalue weighted by atomic mass is 9.94. The Hall–Kier alpha value is -1.64. The van der Waals surface area contributed by atoms with Crippen molar-refractivity contribution in [3.8, 4) is 0 Å². The fourth-order valence-corrected chi connectivity index (χ4v) is 2.32. The normalized spacial score (nSPS) is 13.2. The van der Waals surface area contributed by atoms with E-state index in [4.69, 9.17) is 0 Å².